The van der Waals surface area contributed by atoms with Gasteiger partial charge in [-0.05, 0) is 64.3 Å². The molecule has 0 saturated carbocycles. The molecule has 1 heterocycles. The van der Waals surface area contributed by atoms with Crippen LogP contribution in [0.2, 0.25) is 0 Å². The fourth-order valence-electron chi connectivity index (χ4n) is 4.69. The van der Waals surface area contributed by atoms with Crippen LogP contribution in [0, 0.1) is 0 Å². The Bertz CT molecular complexity index is 1050. The monoisotopic (exact) mass is 641 g/mol. The smallest absolute Gasteiger partial charge is 0.326 e. The lowest BCUT2D eigenvalue weighted by Gasteiger charge is -2.28. The summed E-state index contributed by atoms with van der Waals surface area (Å²) in [7, 11) is 0. The van der Waals surface area contributed by atoms with E-state index in [9.17, 15) is 29.1 Å². The highest BCUT2D eigenvalue weighted by molar-refractivity contribution is 5.94. The topological polar surface area (TPSA) is 352 Å². The molecule has 1 aliphatic rings. The molecule has 0 aliphatic carbocycles. The van der Waals surface area contributed by atoms with Gasteiger partial charge in [0.05, 0.1) is 12.1 Å². The summed E-state index contributed by atoms with van der Waals surface area (Å²) in [6.45, 7) is 1.15. The van der Waals surface area contributed by atoms with E-state index in [0.717, 1.165) is 0 Å². The first kappa shape index (κ1) is 38.8. The number of carbonyl (C=O) groups excluding carboxylic acids is 4. The van der Waals surface area contributed by atoms with Crippen molar-refractivity contribution in [1.29, 1.82) is 0 Å². The number of likely N-dealkylation sites (tertiary alicyclic amines) is 1. The molecule has 0 aromatic heterocycles. The van der Waals surface area contributed by atoms with Gasteiger partial charge in [0.15, 0.2) is 11.9 Å². The zero-order chi connectivity index (χ0) is 33.9. The number of amides is 4. The molecule has 1 saturated heterocycles. The standard InChI is InChI=1S/C26H51N13O6/c27-10-9-17(21(41)38-18(24(44)45)7-3-13-36-26(32)33)37-22(42)19-8-4-14-39(19)23(43)16(29)6-2-11-34-20(40)15(28)5-1-12-35-25(30)31/h15-19H,1-14,27-29H2,(H,34,40)(H,37,42)(H,38,41)(H,44,45)(H4,30,31,35)(H4,32,33,36)/t15?,16-,17-,18-,19-/m0/s1. The van der Waals surface area contributed by atoms with Gasteiger partial charge in [0, 0.05) is 26.2 Å². The molecule has 1 unspecified atom stereocenters. The van der Waals surface area contributed by atoms with Crippen molar-refractivity contribution < 1.29 is 29.1 Å². The second-order valence-corrected chi connectivity index (χ2v) is 10.8. The van der Waals surface area contributed by atoms with Crippen molar-refractivity contribution in [2.24, 2.45) is 50.1 Å². The van der Waals surface area contributed by atoms with Crippen molar-refractivity contribution in [2.45, 2.75) is 88.0 Å². The van der Waals surface area contributed by atoms with Crippen LogP contribution in [0.1, 0.15) is 57.8 Å². The number of nitrogens with two attached hydrogens (primary N) is 7. The SMILES string of the molecule is NCC[C@H](NC(=O)[C@@H]1CCCN1C(=O)[C@@H](N)CCCNC(=O)C(N)CCCN=C(N)N)C(=O)N[C@@H](CCCN=C(N)N)C(=O)O. The molecular formula is C26H51N13O6. The van der Waals surface area contributed by atoms with E-state index in [4.69, 9.17) is 40.1 Å². The van der Waals surface area contributed by atoms with Gasteiger partial charge >= 0.3 is 5.97 Å². The molecule has 45 heavy (non-hydrogen) atoms. The molecule has 256 valence electrons. The second kappa shape index (κ2) is 20.7. The number of guanidine groups is 2. The minimum Gasteiger partial charge on any atom is -0.480 e. The summed E-state index contributed by atoms with van der Waals surface area (Å²) in [5.41, 5.74) is 38.7. The Morgan fingerprint density at radius 1 is 0.800 bits per heavy atom. The van der Waals surface area contributed by atoms with Crippen LogP contribution in [-0.2, 0) is 24.0 Å². The third-order valence-corrected chi connectivity index (χ3v) is 7.10. The summed E-state index contributed by atoms with van der Waals surface area (Å²) in [6.07, 6.45) is 2.90. The summed E-state index contributed by atoms with van der Waals surface area (Å²) in [5, 5.41) is 17.3. The number of hydrogen-bond acceptors (Lipinski definition) is 10. The number of rotatable bonds is 21. The van der Waals surface area contributed by atoms with Gasteiger partial charge in [-0.25, -0.2) is 4.79 Å². The predicted molar refractivity (Wildman–Crippen MR) is 168 cm³/mol. The highest BCUT2D eigenvalue weighted by Gasteiger charge is 2.37. The van der Waals surface area contributed by atoms with E-state index >= 15 is 0 Å². The Labute approximate surface area is 262 Å². The number of nitrogens with zero attached hydrogens (tertiary/aromatic N) is 3. The molecule has 1 rings (SSSR count). The largest absolute Gasteiger partial charge is 0.480 e. The van der Waals surface area contributed by atoms with Gasteiger partial charge in [-0.15, -0.1) is 0 Å². The van der Waals surface area contributed by atoms with E-state index in [2.05, 4.69) is 25.9 Å². The van der Waals surface area contributed by atoms with Gasteiger partial charge in [-0.2, -0.15) is 0 Å². The van der Waals surface area contributed by atoms with Crippen LogP contribution in [0.4, 0.5) is 0 Å². The van der Waals surface area contributed by atoms with Crippen molar-refractivity contribution in [3.8, 4) is 0 Å². The number of aliphatic carboxylic acids is 1. The molecule has 0 aromatic carbocycles. The van der Waals surface area contributed by atoms with Crippen molar-refractivity contribution in [2.75, 3.05) is 32.7 Å². The summed E-state index contributed by atoms with van der Waals surface area (Å²) in [4.78, 5) is 72.1. The highest BCUT2D eigenvalue weighted by atomic mass is 16.4. The van der Waals surface area contributed by atoms with Gasteiger partial charge in [0.2, 0.25) is 23.6 Å². The Balaban J connectivity index is 2.63. The average Bonchev–Trinajstić information content (AvgIpc) is 3.47. The molecular weight excluding hydrogens is 590 g/mol. The number of aliphatic imine (C=N–C) groups is 2. The maximum Gasteiger partial charge on any atom is 0.326 e. The third-order valence-electron chi connectivity index (χ3n) is 7.10. The molecule has 0 aromatic rings. The molecule has 0 spiro atoms. The zero-order valence-electron chi connectivity index (χ0n) is 25.7. The summed E-state index contributed by atoms with van der Waals surface area (Å²) < 4.78 is 0. The first-order valence-corrected chi connectivity index (χ1v) is 15.0. The number of nitrogens with one attached hydrogen (secondary N) is 3. The van der Waals surface area contributed by atoms with Crippen LogP contribution in [0.3, 0.4) is 0 Å². The Morgan fingerprint density at radius 2 is 1.40 bits per heavy atom. The molecule has 5 atom stereocenters. The van der Waals surface area contributed by atoms with Crippen LogP contribution < -0.4 is 56.1 Å². The van der Waals surface area contributed by atoms with Crippen molar-refractivity contribution in [1.82, 2.24) is 20.9 Å². The quantitative estimate of drug-likeness (QED) is 0.0318. The lowest BCUT2D eigenvalue weighted by atomic mass is 10.1. The minimum atomic E-state index is -1.26. The summed E-state index contributed by atoms with van der Waals surface area (Å²) >= 11 is 0. The second-order valence-electron chi connectivity index (χ2n) is 10.8. The fraction of sp³-hybridized carbons (Fsp3) is 0.731. The van der Waals surface area contributed by atoms with E-state index in [0.29, 0.717) is 51.6 Å². The van der Waals surface area contributed by atoms with Crippen molar-refractivity contribution in [3.63, 3.8) is 0 Å². The number of carboxylic acid groups (broad SMARTS) is 1. The van der Waals surface area contributed by atoms with Gasteiger partial charge in [-0.3, -0.25) is 29.2 Å². The van der Waals surface area contributed by atoms with Gasteiger partial charge in [0.25, 0.3) is 0 Å². The molecule has 1 aliphatic heterocycles. The van der Waals surface area contributed by atoms with Crippen LogP contribution in [0.5, 0.6) is 0 Å². The molecule has 19 nitrogen and oxygen atoms in total. The van der Waals surface area contributed by atoms with E-state index in [1.54, 1.807) is 0 Å². The Morgan fingerprint density at radius 3 is 1.98 bits per heavy atom. The number of carbonyl (C=O) groups is 5. The Hall–Kier alpha value is -4.23. The molecule has 1 fully saturated rings. The lowest BCUT2D eigenvalue weighted by molar-refractivity contribution is -0.143. The molecule has 0 radical (unpaired) electrons. The number of carboxylic acids is 1. The molecule has 0 bridgehead atoms. The van der Waals surface area contributed by atoms with Crippen molar-refractivity contribution >= 4 is 41.5 Å². The number of hydrogen-bond donors (Lipinski definition) is 11. The van der Waals surface area contributed by atoms with Crippen LogP contribution in [-0.4, -0.2) is 114 Å². The maximum absolute atomic E-state index is 13.2. The average molecular weight is 642 g/mol. The first-order valence-electron chi connectivity index (χ1n) is 15.0. The Kier molecular flexibility index (Phi) is 17.8. The fourth-order valence-corrected chi connectivity index (χ4v) is 4.69. The van der Waals surface area contributed by atoms with E-state index in [-0.39, 0.29) is 56.7 Å². The molecule has 18 N–H and O–H groups in total. The molecule has 4 amide bonds. The summed E-state index contributed by atoms with van der Waals surface area (Å²) in [6, 6.07) is -4.85. The van der Waals surface area contributed by atoms with Gasteiger partial charge in [-0.1, -0.05) is 0 Å². The normalized spacial score (nSPS) is 16.9. The third kappa shape index (κ3) is 14.9. The highest BCUT2D eigenvalue weighted by Crippen LogP contribution is 2.19. The van der Waals surface area contributed by atoms with Gasteiger partial charge < -0.3 is 66.1 Å². The first-order chi connectivity index (χ1) is 21.3. The van der Waals surface area contributed by atoms with E-state index in [1.165, 1.54) is 4.90 Å². The van der Waals surface area contributed by atoms with Crippen LogP contribution >= 0.6 is 0 Å². The van der Waals surface area contributed by atoms with E-state index in [1.807, 2.05) is 0 Å². The zero-order valence-corrected chi connectivity index (χ0v) is 25.7. The maximum atomic E-state index is 13.2. The summed E-state index contributed by atoms with van der Waals surface area (Å²) in [5.74, 6) is -3.47. The van der Waals surface area contributed by atoms with Crippen molar-refractivity contribution in [3.05, 3.63) is 0 Å². The van der Waals surface area contributed by atoms with Crippen LogP contribution in [0.15, 0.2) is 9.98 Å². The predicted octanol–water partition coefficient (Wildman–Crippen LogP) is -4.96. The molecule has 19 heteroatoms. The van der Waals surface area contributed by atoms with Gasteiger partial charge in [0.1, 0.15) is 18.1 Å². The lowest BCUT2D eigenvalue weighted by Crippen LogP contribution is -2.57. The minimum absolute atomic E-state index is 0.0295. The van der Waals surface area contributed by atoms with E-state index < -0.39 is 53.9 Å². The van der Waals surface area contributed by atoms with Crippen LogP contribution in [0.25, 0.3) is 0 Å².